The summed E-state index contributed by atoms with van der Waals surface area (Å²) in [7, 11) is 0. The monoisotopic (exact) mass is 430 g/mol. The number of aromatic amines is 1. The first kappa shape index (κ1) is 20.2. The summed E-state index contributed by atoms with van der Waals surface area (Å²) in [4.78, 5) is 28.5. The molecule has 4 aromatic rings. The van der Waals surface area contributed by atoms with Crippen molar-refractivity contribution < 1.29 is 4.79 Å². The summed E-state index contributed by atoms with van der Waals surface area (Å²) >= 11 is 0. The summed E-state index contributed by atoms with van der Waals surface area (Å²) < 4.78 is 3.35. The second-order valence-electron chi connectivity index (χ2n) is 8.54. The van der Waals surface area contributed by atoms with Crippen LogP contribution in [0.3, 0.4) is 0 Å². The molecule has 164 valence electrons. The standard InChI is InChI=1S/C24H26N6O2/c1-15-14-16(2)29(27-15)22-10-11-23(31)30(28-22)18-8-6-17(7-9-18)26-24(32)20-4-3-5-21-19(20)12-13-25-21/h3-5,10-14,17-18,25H,6-9H2,1-2H3,(H,26,32). The molecule has 0 bridgehead atoms. The molecule has 1 aliphatic rings. The molecule has 8 heteroatoms. The van der Waals surface area contributed by atoms with Crippen LogP contribution in [0.2, 0.25) is 0 Å². The van der Waals surface area contributed by atoms with E-state index in [0.717, 1.165) is 48.0 Å². The van der Waals surface area contributed by atoms with Crippen molar-refractivity contribution in [3.63, 3.8) is 0 Å². The minimum absolute atomic E-state index is 0.0145. The summed E-state index contributed by atoms with van der Waals surface area (Å²) in [6.45, 7) is 3.91. The lowest BCUT2D eigenvalue weighted by Crippen LogP contribution is -2.39. The number of nitrogens with zero attached hydrogens (tertiary/aromatic N) is 4. The van der Waals surface area contributed by atoms with Crippen LogP contribution in [0, 0.1) is 13.8 Å². The van der Waals surface area contributed by atoms with Crippen LogP contribution >= 0.6 is 0 Å². The maximum Gasteiger partial charge on any atom is 0.267 e. The van der Waals surface area contributed by atoms with Crippen molar-refractivity contribution in [3.8, 4) is 5.82 Å². The second kappa shape index (κ2) is 8.11. The molecule has 0 aliphatic heterocycles. The second-order valence-corrected chi connectivity index (χ2v) is 8.54. The lowest BCUT2D eigenvalue weighted by atomic mass is 9.91. The fraction of sp³-hybridized carbons (Fsp3) is 0.333. The molecule has 5 rings (SSSR count). The van der Waals surface area contributed by atoms with Gasteiger partial charge in [0, 0.05) is 40.5 Å². The first-order valence-electron chi connectivity index (χ1n) is 11.0. The molecule has 2 N–H and O–H groups in total. The van der Waals surface area contributed by atoms with E-state index in [1.807, 2.05) is 50.4 Å². The third kappa shape index (κ3) is 3.72. The maximum atomic E-state index is 12.9. The largest absolute Gasteiger partial charge is 0.361 e. The molecule has 32 heavy (non-hydrogen) atoms. The molecule has 1 fully saturated rings. The number of rotatable bonds is 4. The lowest BCUT2D eigenvalue weighted by Gasteiger charge is -2.29. The number of carbonyl (C=O) groups excluding carboxylic acids is 1. The molecule has 0 spiro atoms. The fourth-order valence-electron chi connectivity index (χ4n) is 4.66. The van der Waals surface area contributed by atoms with Crippen LogP contribution in [0.5, 0.6) is 0 Å². The summed E-state index contributed by atoms with van der Waals surface area (Å²) in [6.07, 6.45) is 5.02. The van der Waals surface area contributed by atoms with Gasteiger partial charge >= 0.3 is 0 Å². The molecule has 3 aromatic heterocycles. The highest BCUT2D eigenvalue weighted by atomic mass is 16.1. The Morgan fingerprint density at radius 2 is 1.88 bits per heavy atom. The predicted molar refractivity (Wildman–Crippen MR) is 122 cm³/mol. The summed E-state index contributed by atoms with van der Waals surface area (Å²) in [6, 6.07) is 13.0. The smallest absolute Gasteiger partial charge is 0.267 e. The van der Waals surface area contributed by atoms with E-state index in [4.69, 9.17) is 0 Å². The Kier molecular flexibility index (Phi) is 5.13. The number of aromatic nitrogens is 5. The van der Waals surface area contributed by atoms with Gasteiger partial charge in [0.05, 0.1) is 11.7 Å². The molecule has 0 saturated heterocycles. The normalized spacial score (nSPS) is 18.7. The molecular formula is C24H26N6O2. The van der Waals surface area contributed by atoms with Crippen molar-refractivity contribution in [2.45, 2.75) is 51.6 Å². The Bertz CT molecular complexity index is 1340. The van der Waals surface area contributed by atoms with Crippen LogP contribution in [0.4, 0.5) is 0 Å². The van der Waals surface area contributed by atoms with Gasteiger partial charge < -0.3 is 10.3 Å². The van der Waals surface area contributed by atoms with E-state index < -0.39 is 0 Å². The third-order valence-corrected chi connectivity index (χ3v) is 6.25. The molecule has 8 nitrogen and oxygen atoms in total. The number of carbonyl (C=O) groups is 1. The zero-order valence-electron chi connectivity index (χ0n) is 18.2. The molecule has 1 saturated carbocycles. The number of nitrogens with one attached hydrogen (secondary N) is 2. The number of hydrogen-bond donors (Lipinski definition) is 2. The van der Waals surface area contributed by atoms with Gasteiger partial charge in [-0.15, -0.1) is 5.10 Å². The highest BCUT2D eigenvalue weighted by Crippen LogP contribution is 2.28. The Balaban J connectivity index is 1.28. The van der Waals surface area contributed by atoms with E-state index >= 15 is 0 Å². The van der Waals surface area contributed by atoms with Gasteiger partial charge in [0.2, 0.25) is 0 Å². The molecule has 1 amide bonds. The van der Waals surface area contributed by atoms with E-state index in [-0.39, 0.29) is 23.6 Å². The molecule has 0 unspecified atom stereocenters. The van der Waals surface area contributed by atoms with Crippen molar-refractivity contribution in [1.82, 2.24) is 29.9 Å². The SMILES string of the molecule is Cc1cc(C)n(-c2ccc(=O)n(C3CCC(NC(=O)c4cccc5[nH]ccc45)CC3)n2)n1. The number of hydrogen-bond acceptors (Lipinski definition) is 4. The van der Waals surface area contributed by atoms with Gasteiger partial charge in [-0.05, 0) is 69.9 Å². The number of benzene rings is 1. The van der Waals surface area contributed by atoms with Crippen molar-refractivity contribution in [2.75, 3.05) is 0 Å². The molecule has 0 radical (unpaired) electrons. The Morgan fingerprint density at radius 3 is 2.62 bits per heavy atom. The number of amides is 1. The first-order valence-corrected chi connectivity index (χ1v) is 11.0. The molecule has 3 heterocycles. The minimum atomic E-state index is -0.109. The Hall–Kier alpha value is -3.68. The highest BCUT2D eigenvalue weighted by molar-refractivity contribution is 6.06. The number of aryl methyl sites for hydroxylation is 2. The van der Waals surface area contributed by atoms with Gasteiger partial charge in [-0.3, -0.25) is 9.59 Å². The maximum absolute atomic E-state index is 12.9. The van der Waals surface area contributed by atoms with Crippen molar-refractivity contribution in [1.29, 1.82) is 0 Å². The van der Waals surface area contributed by atoms with E-state index in [9.17, 15) is 9.59 Å². The minimum Gasteiger partial charge on any atom is -0.361 e. The van der Waals surface area contributed by atoms with Crippen LogP contribution in [0.15, 0.2) is 53.5 Å². The Labute approximate surface area is 185 Å². The van der Waals surface area contributed by atoms with Crippen LogP contribution in [0.25, 0.3) is 16.7 Å². The first-order chi connectivity index (χ1) is 15.5. The van der Waals surface area contributed by atoms with Crippen LogP contribution < -0.4 is 10.9 Å². The molecule has 1 aliphatic carbocycles. The number of H-pyrrole nitrogens is 1. The molecule has 1 aromatic carbocycles. The van der Waals surface area contributed by atoms with Gasteiger partial charge in [-0.25, -0.2) is 9.36 Å². The van der Waals surface area contributed by atoms with Crippen LogP contribution in [-0.4, -0.2) is 36.5 Å². The zero-order chi connectivity index (χ0) is 22.2. The average Bonchev–Trinajstić information content (AvgIpc) is 3.40. The van der Waals surface area contributed by atoms with Crippen molar-refractivity contribution >= 4 is 16.8 Å². The summed E-state index contributed by atoms with van der Waals surface area (Å²) in [5.74, 6) is 0.589. The van der Waals surface area contributed by atoms with E-state index in [1.54, 1.807) is 21.5 Å². The molecular weight excluding hydrogens is 404 g/mol. The summed E-state index contributed by atoms with van der Waals surface area (Å²) in [5, 5.41) is 13.2. The van der Waals surface area contributed by atoms with Gasteiger partial charge in [0.25, 0.3) is 11.5 Å². The van der Waals surface area contributed by atoms with E-state index in [1.165, 1.54) is 0 Å². The van der Waals surface area contributed by atoms with Gasteiger partial charge in [0.1, 0.15) is 0 Å². The highest BCUT2D eigenvalue weighted by Gasteiger charge is 2.26. The third-order valence-electron chi connectivity index (χ3n) is 6.25. The average molecular weight is 431 g/mol. The van der Waals surface area contributed by atoms with Crippen molar-refractivity contribution in [2.24, 2.45) is 0 Å². The molecule has 0 atom stereocenters. The topological polar surface area (TPSA) is 97.6 Å². The van der Waals surface area contributed by atoms with Crippen LogP contribution in [0.1, 0.15) is 53.5 Å². The van der Waals surface area contributed by atoms with Gasteiger partial charge in [-0.2, -0.15) is 5.10 Å². The predicted octanol–water partition coefficient (Wildman–Crippen LogP) is 3.44. The number of fused-ring (bicyclic) bond motifs is 1. The van der Waals surface area contributed by atoms with Crippen LogP contribution in [-0.2, 0) is 0 Å². The van der Waals surface area contributed by atoms with E-state index in [0.29, 0.717) is 11.4 Å². The fourth-order valence-corrected chi connectivity index (χ4v) is 4.66. The Morgan fingerprint density at radius 1 is 1.06 bits per heavy atom. The zero-order valence-corrected chi connectivity index (χ0v) is 18.2. The van der Waals surface area contributed by atoms with E-state index in [2.05, 4.69) is 20.5 Å². The quantitative estimate of drug-likeness (QED) is 0.518. The summed E-state index contributed by atoms with van der Waals surface area (Å²) in [5.41, 5.74) is 3.41. The van der Waals surface area contributed by atoms with Crippen molar-refractivity contribution in [3.05, 3.63) is 76.0 Å². The van der Waals surface area contributed by atoms with Gasteiger partial charge in [0.15, 0.2) is 5.82 Å². The lowest BCUT2D eigenvalue weighted by molar-refractivity contribution is 0.0923. The van der Waals surface area contributed by atoms with Gasteiger partial charge in [-0.1, -0.05) is 6.07 Å².